The zero-order valence-electron chi connectivity index (χ0n) is 9.89. The first-order valence-electron chi connectivity index (χ1n) is 5.31. The summed E-state index contributed by atoms with van der Waals surface area (Å²) in [7, 11) is 1.29. The summed E-state index contributed by atoms with van der Waals surface area (Å²) in [4.78, 5) is 15.8. The van der Waals surface area contributed by atoms with Crippen LogP contribution in [0.25, 0.3) is 0 Å². The molecular formula is C12H10ClFN2O2S. The smallest absolute Gasteiger partial charge is 0.335 e. The second-order valence-electron chi connectivity index (χ2n) is 3.61. The van der Waals surface area contributed by atoms with Gasteiger partial charge in [-0.25, -0.2) is 14.2 Å². The molecule has 1 aromatic carbocycles. The molecule has 2 rings (SSSR count). The van der Waals surface area contributed by atoms with Crippen LogP contribution >= 0.6 is 22.9 Å². The Morgan fingerprint density at radius 2 is 2.16 bits per heavy atom. The standard InChI is InChI=1S/C12H10ClFN2O2S/c1-18-12(17)10(11-15-6-9(13)19-11)16-8-4-2-7(14)3-5-8/h2-6,10,16H,1H3. The first-order valence-corrected chi connectivity index (χ1v) is 6.51. The molecule has 19 heavy (non-hydrogen) atoms. The normalized spacial score (nSPS) is 11.9. The molecule has 1 aromatic heterocycles. The molecule has 0 saturated carbocycles. The lowest BCUT2D eigenvalue weighted by molar-refractivity contribution is -0.141. The van der Waals surface area contributed by atoms with Crippen molar-refractivity contribution in [3.63, 3.8) is 0 Å². The highest BCUT2D eigenvalue weighted by Crippen LogP contribution is 2.27. The van der Waals surface area contributed by atoms with Crippen molar-refractivity contribution >= 4 is 34.6 Å². The highest BCUT2D eigenvalue weighted by molar-refractivity contribution is 7.16. The third kappa shape index (κ3) is 3.42. The molecule has 0 bridgehead atoms. The van der Waals surface area contributed by atoms with Crippen molar-refractivity contribution in [1.29, 1.82) is 0 Å². The topological polar surface area (TPSA) is 51.2 Å². The molecule has 0 aliphatic heterocycles. The lowest BCUT2D eigenvalue weighted by Crippen LogP contribution is -2.22. The third-order valence-corrected chi connectivity index (χ3v) is 3.51. The summed E-state index contributed by atoms with van der Waals surface area (Å²) in [6.45, 7) is 0. The van der Waals surface area contributed by atoms with E-state index in [0.717, 1.165) is 0 Å². The summed E-state index contributed by atoms with van der Waals surface area (Å²) < 4.78 is 18.0. The number of carbonyl (C=O) groups is 1. The molecule has 4 nitrogen and oxygen atoms in total. The molecule has 1 atom stereocenters. The van der Waals surface area contributed by atoms with E-state index >= 15 is 0 Å². The number of thiazole rings is 1. The number of anilines is 1. The van der Waals surface area contributed by atoms with Gasteiger partial charge in [0.15, 0.2) is 6.04 Å². The fourth-order valence-corrected chi connectivity index (χ4v) is 2.42. The molecule has 0 amide bonds. The lowest BCUT2D eigenvalue weighted by Gasteiger charge is -2.15. The van der Waals surface area contributed by atoms with E-state index in [9.17, 15) is 9.18 Å². The van der Waals surface area contributed by atoms with Gasteiger partial charge >= 0.3 is 5.97 Å². The predicted octanol–water partition coefficient (Wildman–Crippen LogP) is 3.26. The van der Waals surface area contributed by atoms with E-state index in [1.54, 1.807) is 0 Å². The molecule has 0 radical (unpaired) electrons. The molecule has 0 aliphatic carbocycles. The number of halogens is 2. The predicted molar refractivity (Wildman–Crippen MR) is 71.9 cm³/mol. The lowest BCUT2D eigenvalue weighted by atomic mass is 10.2. The zero-order valence-corrected chi connectivity index (χ0v) is 11.5. The largest absolute Gasteiger partial charge is 0.467 e. The van der Waals surface area contributed by atoms with Gasteiger partial charge in [-0.15, -0.1) is 11.3 Å². The van der Waals surface area contributed by atoms with Crippen molar-refractivity contribution in [2.75, 3.05) is 12.4 Å². The van der Waals surface area contributed by atoms with Gasteiger partial charge in [0.25, 0.3) is 0 Å². The number of methoxy groups -OCH3 is 1. The van der Waals surface area contributed by atoms with Crippen LogP contribution in [-0.4, -0.2) is 18.1 Å². The van der Waals surface area contributed by atoms with E-state index in [1.165, 1.54) is 48.9 Å². The van der Waals surface area contributed by atoms with E-state index in [2.05, 4.69) is 10.3 Å². The van der Waals surface area contributed by atoms with Crippen molar-refractivity contribution in [2.24, 2.45) is 0 Å². The first kappa shape index (κ1) is 13.8. The Hall–Kier alpha value is -1.66. The van der Waals surface area contributed by atoms with Crippen LogP contribution in [0.2, 0.25) is 4.34 Å². The Morgan fingerprint density at radius 3 is 2.68 bits per heavy atom. The average Bonchev–Trinajstić information content (AvgIpc) is 2.83. The highest BCUT2D eigenvalue weighted by Gasteiger charge is 2.24. The van der Waals surface area contributed by atoms with E-state index in [0.29, 0.717) is 15.0 Å². The quantitative estimate of drug-likeness (QED) is 0.881. The summed E-state index contributed by atoms with van der Waals surface area (Å²) in [5.74, 6) is -0.840. The summed E-state index contributed by atoms with van der Waals surface area (Å²) in [5.41, 5.74) is 0.586. The summed E-state index contributed by atoms with van der Waals surface area (Å²) in [6, 6.07) is 4.88. The average molecular weight is 301 g/mol. The van der Waals surface area contributed by atoms with Crippen LogP contribution in [-0.2, 0) is 9.53 Å². The van der Waals surface area contributed by atoms with Crippen LogP contribution in [0.3, 0.4) is 0 Å². The van der Waals surface area contributed by atoms with Crippen LogP contribution in [0, 0.1) is 5.82 Å². The minimum absolute atomic E-state index is 0.350. The molecule has 0 spiro atoms. The number of hydrogen-bond acceptors (Lipinski definition) is 5. The maximum atomic E-state index is 12.8. The molecule has 0 saturated heterocycles. The number of rotatable bonds is 4. The molecule has 1 heterocycles. The Labute approximate surface area is 118 Å². The van der Waals surface area contributed by atoms with Gasteiger partial charge < -0.3 is 10.1 Å². The first-order chi connectivity index (χ1) is 9.10. The third-order valence-electron chi connectivity index (χ3n) is 2.33. The summed E-state index contributed by atoms with van der Waals surface area (Å²) >= 11 is 6.98. The Kier molecular flexibility index (Phi) is 4.34. The number of benzene rings is 1. The van der Waals surface area contributed by atoms with Crippen LogP contribution in [0.1, 0.15) is 11.0 Å². The van der Waals surface area contributed by atoms with Gasteiger partial charge in [-0.3, -0.25) is 0 Å². The molecule has 7 heteroatoms. The minimum Gasteiger partial charge on any atom is -0.467 e. The molecule has 100 valence electrons. The van der Waals surface area contributed by atoms with Gasteiger partial charge in [0.1, 0.15) is 15.2 Å². The number of esters is 1. The van der Waals surface area contributed by atoms with Gasteiger partial charge in [-0.1, -0.05) is 11.6 Å². The second kappa shape index (κ2) is 5.99. The van der Waals surface area contributed by atoms with Crippen molar-refractivity contribution in [3.8, 4) is 0 Å². The Bertz CT molecular complexity index is 573. The van der Waals surface area contributed by atoms with E-state index in [1.807, 2.05) is 0 Å². The van der Waals surface area contributed by atoms with E-state index < -0.39 is 12.0 Å². The number of hydrogen-bond donors (Lipinski definition) is 1. The fraction of sp³-hybridized carbons (Fsp3) is 0.167. The Morgan fingerprint density at radius 1 is 1.47 bits per heavy atom. The SMILES string of the molecule is COC(=O)C(Nc1ccc(F)cc1)c1ncc(Cl)s1. The van der Waals surface area contributed by atoms with Gasteiger partial charge in [0, 0.05) is 5.69 Å². The number of aromatic nitrogens is 1. The second-order valence-corrected chi connectivity index (χ2v) is 5.30. The molecular weight excluding hydrogens is 291 g/mol. The summed E-state index contributed by atoms with van der Waals surface area (Å²) in [6.07, 6.45) is 1.46. The maximum absolute atomic E-state index is 12.8. The monoisotopic (exact) mass is 300 g/mol. The van der Waals surface area contributed by atoms with Crippen LogP contribution in [0.15, 0.2) is 30.5 Å². The van der Waals surface area contributed by atoms with Crippen LogP contribution in [0.4, 0.5) is 10.1 Å². The van der Waals surface area contributed by atoms with Crippen molar-refractivity contribution < 1.29 is 13.9 Å². The van der Waals surface area contributed by atoms with Crippen molar-refractivity contribution in [1.82, 2.24) is 4.98 Å². The highest BCUT2D eigenvalue weighted by atomic mass is 35.5. The van der Waals surface area contributed by atoms with Gasteiger partial charge in [-0.2, -0.15) is 0 Å². The molecule has 0 fully saturated rings. The maximum Gasteiger partial charge on any atom is 0.335 e. The van der Waals surface area contributed by atoms with Gasteiger partial charge in [0.05, 0.1) is 13.3 Å². The summed E-state index contributed by atoms with van der Waals surface area (Å²) in [5, 5.41) is 3.42. The molecule has 1 unspecified atom stereocenters. The number of ether oxygens (including phenoxy) is 1. The number of carbonyl (C=O) groups excluding carboxylic acids is 1. The zero-order chi connectivity index (χ0) is 13.8. The fourth-order valence-electron chi connectivity index (χ4n) is 1.45. The van der Waals surface area contributed by atoms with Crippen molar-refractivity contribution in [2.45, 2.75) is 6.04 Å². The van der Waals surface area contributed by atoms with Crippen molar-refractivity contribution in [3.05, 3.63) is 45.6 Å². The molecule has 2 aromatic rings. The minimum atomic E-state index is -0.770. The van der Waals surface area contributed by atoms with Gasteiger partial charge in [0.2, 0.25) is 0 Å². The van der Waals surface area contributed by atoms with E-state index in [4.69, 9.17) is 16.3 Å². The molecule has 1 N–H and O–H groups in total. The van der Waals surface area contributed by atoms with Crippen LogP contribution in [0.5, 0.6) is 0 Å². The Balaban J connectivity index is 2.23. The number of nitrogens with one attached hydrogen (secondary N) is 1. The van der Waals surface area contributed by atoms with E-state index in [-0.39, 0.29) is 5.82 Å². The van der Waals surface area contributed by atoms with Crippen LogP contribution < -0.4 is 5.32 Å². The molecule has 0 aliphatic rings. The van der Waals surface area contributed by atoms with Gasteiger partial charge in [-0.05, 0) is 24.3 Å². The number of nitrogens with zero attached hydrogens (tertiary/aromatic N) is 1.